The van der Waals surface area contributed by atoms with Crippen LogP contribution in [-0.2, 0) is 0 Å². The van der Waals surface area contributed by atoms with Gasteiger partial charge in [-0.1, -0.05) is 12.1 Å². The number of carbonyl (C=O) groups excluding carboxylic acids is 1. The van der Waals surface area contributed by atoms with Crippen molar-refractivity contribution in [1.29, 1.82) is 0 Å². The monoisotopic (exact) mass is 460 g/mol. The zero-order valence-electron chi connectivity index (χ0n) is 16.5. The normalized spacial score (nSPS) is 15.8. The largest absolute Gasteiger partial charge is 0.491 e. The molecule has 2 rings (SSSR count). The molecule has 1 aromatic carbocycles. The van der Waals surface area contributed by atoms with Crippen LogP contribution in [0, 0.1) is 0 Å². The zero-order chi connectivity index (χ0) is 19.9. The Morgan fingerprint density at radius 2 is 1.86 bits per heavy atom. The van der Waals surface area contributed by atoms with Crippen LogP contribution in [0.25, 0.3) is 0 Å². The minimum Gasteiger partial charge on any atom is -0.491 e. The highest BCUT2D eigenvalue weighted by atomic mass is 35.5. The number of likely N-dealkylation sites (N-methyl/N-ethyl adjacent to an activating group) is 1. The summed E-state index contributed by atoms with van der Waals surface area (Å²) in [4.78, 5) is 15.8. The van der Waals surface area contributed by atoms with Gasteiger partial charge in [-0.15, -0.1) is 24.8 Å². The van der Waals surface area contributed by atoms with E-state index in [9.17, 15) is 18.0 Å². The van der Waals surface area contributed by atoms with Crippen molar-refractivity contribution >= 4 is 30.7 Å². The van der Waals surface area contributed by atoms with Crippen LogP contribution in [0.4, 0.5) is 13.2 Å². The van der Waals surface area contributed by atoms with Gasteiger partial charge in [-0.25, -0.2) is 0 Å². The summed E-state index contributed by atoms with van der Waals surface area (Å²) in [5.41, 5.74) is 0.234. The third-order valence-electron chi connectivity index (χ3n) is 4.35. The molecule has 1 aromatic rings. The first-order chi connectivity index (χ1) is 12.8. The molecule has 0 aliphatic carbocycles. The molecule has 0 spiro atoms. The summed E-state index contributed by atoms with van der Waals surface area (Å²) < 4.78 is 45.9. The Hall–Kier alpha value is -1.26. The van der Waals surface area contributed by atoms with E-state index in [1.54, 1.807) is 24.3 Å². The molecule has 1 aliphatic heterocycles. The SMILES string of the molecule is CN(C)CCOc1ccccc1C(=O)NCC(N1CCNCC1)C(F)(F)F.Cl.Cl. The van der Waals surface area contributed by atoms with Crippen molar-refractivity contribution in [1.82, 2.24) is 20.4 Å². The average molecular weight is 461 g/mol. The Labute approximate surface area is 182 Å². The van der Waals surface area contributed by atoms with Crippen molar-refractivity contribution in [3.8, 4) is 5.75 Å². The summed E-state index contributed by atoms with van der Waals surface area (Å²) in [7, 11) is 3.80. The number of halogens is 5. The van der Waals surface area contributed by atoms with Crippen LogP contribution >= 0.6 is 24.8 Å². The molecule has 0 radical (unpaired) electrons. The number of nitrogens with one attached hydrogen (secondary N) is 2. The Morgan fingerprint density at radius 1 is 1.24 bits per heavy atom. The van der Waals surface area contributed by atoms with Gasteiger partial charge in [0.2, 0.25) is 0 Å². The van der Waals surface area contributed by atoms with Crippen molar-refractivity contribution in [2.75, 3.05) is 60.0 Å². The summed E-state index contributed by atoms with van der Waals surface area (Å²) in [5, 5.41) is 5.46. The van der Waals surface area contributed by atoms with Crippen LogP contribution < -0.4 is 15.4 Å². The maximum Gasteiger partial charge on any atom is 0.405 e. The van der Waals surface area contributed by atoms with Gasteiger partial charge in [0.25, 0.3) is 5.91 Å². The molecule has 1 unspecified atom stereocenters. The molecule has 29 heavy (non-hydrogen) atoms. The minimum atomic E-state index is -4.41. The molecule has 2 N–H and O–H groups in total. The Morgan fingerprint density at radius 3 is 2.45 bits per heavy atom. The van der Waals surface area contributed by atoms with Crippen molar-refractivity contribution < 1.29 is 22.7 Å². The number of para-hydroxylation sites is 1. The standard InChI is InChI=1S/C18H27F3N4O2.2ClH/c1-24(2)11-12-27-15-6-4-3-5-14(15)17(26)23-13-16(18(19,20)21)25-9-7-22-8-10-25;;/h3-6,16,22H,7-13H2,1-2H3,(H,23,26);2*1H. The number of ether oxygens (including phenoxy) is 1. The molecular weight excluding hydrogens is 432 g/mol. The van der Waals surface area contributed by atoms with Gasteiger partial charge < -0.3 is 20.3 Å². The molecule has 0 bridgehead atoms. The highest BCUT2D eigenvalue weighted by molar-refractivity contribution is 5.96. The van der Waals surface area contributed by atoms with Gasteiger partial charge >= 0.3 is 6.18 Å². The maximum atomic E-state index is 13.4. The van der Waals surface area contributed by atoms with E-state index in [2.05, 4.69) is 10.6 Å². The average Bonchev–Trinajstić information content (AvgIpc) is 2.61. The molecule has 1 fully saturated rings. The lowest BCUT2D eigenvalue weighted by atomic mass is 10.1. The molecule has 168 valence electrons. The fourth-order valence-electron chi connectivity index (χ4n) is 2.85. The zero-order valence-corrected chi connectivity index (χ0v) is 18.1. The number of rotatable bonds is 8. The molecule has 1 aliphatic rings. The summed E-state index contributed by atoms with van der Waals surface area (Å²) in [6, 6.07) is 4.87. The third-order valence-corrected chi connectivity index (χ3v) is 4.35. The van der Waals surface area contributed by atoms with E-state index in [4.69, 9.17) is 4.74 Å². The Balaban J connectivity index is 0.00000392. The summed E-state index contributed by atoms with van der Waals surface area (Å²) in [5.74, 6) is -0.206. The predicted octanol–water partition coefficient (Wildman–Crippen LogP) is 2.04. The van der Waals surface area contributed by atoms with Crippen molar-refractivity contribution in [2.24, 2.45) is 0 Å². The minimum absolute atomic E-state index is 0. The number of hydrogen-bond donors (Lipinski definition) is 2. The van der Waals surface area contributed by atoms with Crippen molar-refractivity contribution in [3.63, 3.8) is 0 Å². The van der Waals surface area contributed by atoms with E-state index >= 15 is 0 Å². The lowest BCUT2D eigenvalue weighted by Crippen LogP contribution is -2.57. The van der Waals surface area contributed by atoms with Gasteiger partial charge in [0.05, 0.1) is 5.56 Å². The van der Waals surface area contributed by atoms with Gasteiger partial charge in [-0.2, -0.15) is 13.2 Å². The number of piperazine rings is 1. The number of carbonyl (C=O) groups is 1. The van der Waals surface area contributed by atoms with Crippen molar-refractivity contribution in [2.45, 2.75) is 12.2 Å². The van der Waals surface area contributed by atoms with Gasteiger partial charge in [0.15, 0.2) is 0 Å². The maximum absolute atomic E-state index is 13.4. The molecule has 11 heteroatoms. The van der Waals surface area contributed by atoms with Crippen LogP contribution in [0.5, 0.6) is 5.75 Å². The van der Waals surface area contributed by atoms with Gasteiger partial charge in [0, 0.05) is 39.3 Å². The summed E-state index contributed by atoms with van der Waals surface area (Å²) in [6.07, 6.45) is -4.41. The van der Waals surface area contributed by atoms with Gasteiger partial charge in [-0.05, 0) is 26.2 Å². The van der Waals surface area contributed by atoms with E-state index in [1.165, 1.54) is 4.90 Å². The van der Waals surface area contributed by atoms with E-state index < -0.39 is 24.7 Å². The van der Waals surface area contributed by atoms with Crippen LogP contribution in [0.1, 0.15) is 10.4 Å². The fraction of sp³-hybridized carbons (Fsp3) is 0.611. The number of alkyl halides is 3. The highest BCUT2D eigenvalue weighted by Crippen LogP contribution is 2.25. The first kappa shape index (κ1) is 27.7. The second-order valence-corrected chi connectivity index (χ2v) is 6.70. The molecule has 1 amide bonds. The van der Waals surface area contributed by atoms with E-state index in [0.29, 0.717) is 45.1 Å². The fourth-order valence-corrected chi connectivity index (χ4v) is 2.85. The molecule has 1 heterocycles. The van der Waals surface area contributed by atoms with Crippen LogP contribution in [0.2, 0.25) is 0 Å². The molecular formula is C18H29Cl2F3N4O2. The Kier molecular flexibility index (Phi) is 12.6. The van der Waals surface area contributed by atoms with E-state index in [-0.39, 0.29) is 30.4 Å². The van der Waals surface area contributed by atoms with Gasteiger partial charge in [0.1, 0.15) is 18.4 Å². The second kappa shape index (κ2) is 13.1. The summed E-state index contributed by atoms with van der Waals surface area (Å²) >= 11 is 0. The lowest BCUT2D eigenvalue weighted by Gasteiger charge is -2.35. The topological polar surface area (TPSA) is 56.8 Å². The second-order valence-electron chi connectivity index (χ2n) is 6.70. The van der Waals surface area contributed by atoms with E-state index in [0.717, 1.165) is 0 Å². The quantitative estimate of drug-likeness (QED) is 0.621. The van der Waals surface area contributed by atoms with Crippen LogP contribution in [0.3, 0.4) is 0 Å². The van der Waals surface area contributed by atoms with Gasteiger partial charge in [-0.3, -0.25) is 9.69 Å². The van der Waals surface area contributed by atoms with Crippen LogP contribution in [-0.4, -0.2) is 87.9 Å². The molecule has 6 nitrogen and oxygen atoms in total. The molecule has 1 saturated heterocycles. The first-order valence-corrected chi connectivity index (χ1v) is 8.95. The number of nitrogens with zero attached hydrogens (tertiary/aromatic N) is 2. The van der Waals surface area contributed by atoms with E-state index in [1.807, 2.05) is 19.0 Å². The summed E-state index contributed by atoms with van der Waals surface area (Å²) in [6.45, 7) is 2.15. The lowest BCUT2D eigenvalue weighted by molar-refractivity contribution is -0.183. The highest BCUT2D eigenvalue weighted by Gasteiger charge is 2.43. The smallest absolute Gasteiger partial charge is 0.405 e. The van der Waals surface area contributed by atoms with Crippen molar-refractivity contribution in [3.05, 3.63) is 29.8 Å². The Bertz CT molecular complexity index is 615. The number of benzene rings is 1. The van der Waals surface area contributed by atoms with Crippen LogP contribution in [0.15, 0.2) is 24.3 Å². The molecule has 1 atom stereocenters. The number of amides is 1. The third kappa shape index (κ3) is 8.96. The molecule has 0 aromatic heterocycles. The number of hydrogen-bond acceptors (Lipinski definition) is 5. The molecule has 0 saturated carbocycles. The first-order valence-electron chi connectivity index (χ1n) is 8.95. The predicted molar refractivity (Wildman–Crippen MR) is 112 cm³/mol.